The highest BCUT2D eigenvalue weighted by Gasteiger charge is 2.14. The summed E-state index contributed by atoms with van der Waals surface area (Å²) in [5.74, 6) is -0.670. The van der Waals surface area contributed by atoms with E-state index in [0.29, 0.717) is 23.8 Å². The number of thiocarbonyl (C=S) groups is 1. The Balaban J connectivity index is 1.99. The number of hydrogen-bond acceptors (Lipinski definition) is 3. The lowest BCUT2D eigenvalue weighted by atomic mass is 10.1. The van der Waals surface area contributed by atoms with Gasteiger partial charge in [-0.15, -0.1) is 0 Å². The van der Waals surface area contributed by atoms with E-state index < -0.39 is 5.91 Å². The molecule has 130 valence electrons. The molecular weight excluding hydrogens is 334 g/mol. The summed E-state index contributed by atoms with van der Waals surface area (Å²) in [4.78, 5) is 25.2. The minimum Gasteiger partial charge on any atom is -0.370 e. The number of nitrogens with one attached hydrogen (secondary N) is 1. The molecule has 2 aromatic carbocycles. The Morgan fingerprint density at radius 3 is 2.16 bits per heavy atom. The van der Waals surface area contributed by atoms with Crippen molar-refractivity contribution in [2.45, 2.75) is 12.8 Å². The Bertz CT molecular complexity index is 720. The third kappa shape index (κ3) is 6.35. The number of primary amides is 1. The van der Waals surface area contributed by atoms with Gasteiger partial charge in [0, 0.05) is 25.1 Å². The molecule has 0 bridgehead atoms. The molecule has 0 spiro atoms. The monoisotopic (exact) mass is 355 g/mol. The number of carbonyl (C=O) groups excluding carboxylic acids is 2. The van der Waals surface area contributed by atoms with Gasteiger partial charge in [-0.05, 0) is 36.3 Å². The number of amides is 2. The predicted octanol–water partition coefficient (Wildman–Crippen LogP) is 2.12. The number of carbonyl (C=O) groups is 2. The molecule has 0 aliphatic carbocycles. The highest BCUT2D eigenvalue weighted by Crippen LogP contribution is 2.04. The summed E-state index contributed by atoms with van der Waals surface area (Å²) in [6, 6.07) is 18.8. The van der Waals surface area contributed by atoms with Crippen molar-refractivity contribution in [3.05, 3.63) is 71.8 Å². The van der Waals surface area contributed by atoms with E-state index in [0.717, 1.165) is 12.0 Å². The molecule has 0 fully saturated rings. The van der Waals surface area contributed by atoms with Gasteiger partial charge in [0.05, 0.1) is 0 Å². The summed E-state index contributed by atoms with van der Waals surface area (Å²) < 4.78 is 0. The lowest BCUT2D eigenvalue weighted by Crippen LogP contribution is -2.44. The molecule has 2 rings (SSSR count). The van der Waals surface area contributed by atoms with E-state index in [9.17, 15) is 9.59 Å². The van der Waals surface area contributed by atoms with Gasteiger partial charge < -0.3 is 10.6 Å². The van der Waals surface area contributed by atoms with E-state index in [1.807, 2.05) is 36.4 Å². The number of benzene rings is 2. The molecule has 0 saturated carbocycles. The summed E-state index contributed by atoms with van der Waals surface area (Å²) in [6.45, 7) is 0.960. The number of nitrogens with two attached hydrogens (primary N) is 1. The smallest absolute Gasteiger partial charge is 0.257 e. The Morgan fingerprint density at radius 2 is 1.56 bits per heavy atom. The highest BCUT2D eigenvalue weighted by molar-refractivity contribution is 7.80. The van der Waals surface area contributed by atoms with Crippen LogP contribution in [0.15, 0.2) is 60.7 Å². The van der Waals surface area contributed by atoms with E-state index in [2.05, 4.69) is 5.32 Å². The average Bonchev–Trinajstić information content (AvgIpc) is 2.63. The summed E-state index contributed by atoms with van der Waals surface area (Å²) in [7, 11) is 0. The molecule has 0 unspecified atom stereocenters. The molecule has 0 aliphatic rings. The second-order valence-corrected chi connectivity index (χ2v) is 5.95. The quantitative estimate of drug-likeness (QED) is 0.746. The van der Waals surface area contributed by atoms with Crippen molar-refractivity contribution >= 4 is 29.1 Å². The van der Waals surface area contributed by atoms with E-state index in [1.54, 1.807) is 29.2 Å². The van der Waals surface area contributed by atoms with Crippen LogP contribution in [0.25, 0.3) is 0 Å². The van der Waals surface area contributed by atoms with Gasteiger partial charge in [-0.3, -0.25) is 14.9 Å². The molecule has 2 amide bonds. The molecular formula is C19H21N3O2S. The first-order chi connectivity index (χ1) is 12.1. The molecule has 0 aromatic heterocycles. The zero-order chi connectivity index (χ0) is 18.1. The van der Waals surface area contributed by atoms with Gasteiger partial charge in [0.15, 0.2) is 5.11 Å². The van der Waals surface area contributed by atoms with Crippen LogP contribution in [0.3, 0.4) is 0 Å². The van der Waals surface area contributed by atoms with Crippen molar-refractivity contribution in [1.29, 1.82) is 0 Å². The van der Waals surface area contributed by atoms with Crippen molar-refractivity contribution in [3.8, 4) is 0 Å². The maximum atomic E-state index is 12.3. The topological polar surface area (TPSA) is 75.4 Å². The number of hydrogen-bond donors (Lipinski definition) is 2. The Morgan fingerprint density at radius 1 is 0.960 bits per heavy atom. The highest BCUT2D eigenvalue weighted by atomic mass is 32.1. The third-order valence-electron chi connectivity index (χ3n) is 3.68. The summed E-state index contributed by atoms with van der Waals surface area (Å²) in [5, 5.41) is 3.02. The SMILES string of the molecule is NC(=O)CCN(CCc1ccccc1)C(=S)NC(=O)c1ccccc1. The summed E-state index contributed by atoms with van der Waals surface area (Å²) in [6.07, 6.45) is 0.928. The Labute approximate surface area is 152 Å². The van der Waals surface area contributed by atoms with Crippen molar-refractivity contribution in [2.24, 2.45) is 5.73 Å². The van der Waals surface area contributed by atoms with Gasteiger partial charge >= 0.3 is 0 Å². The van der Waals surface area contributed by atoms with Crippen LogP contribution < -0.4 is 11.1 Å². The predicted molar refractivity (Wildman–Crippen MR) is 102 cm³/mol. The van der Waals surface area contributed by atoms with Crippen molar-refractivity contribution in [2.75, 3.05) is 13.1 Å². The lowest BCUT2D eigenvalue weighted by molar-refractivity contribution is -0.118. The molecule has 3 N–H and O–H groups in total. The third-order valence-corrected chi connectivity index (χ3v) is 4.05. The molecule has 0 heterocycles. The lowest BCUT2D eigenvalue weighted by Gasteiger charge is -2.25. The minimum atomic E-state index is -0.401. The first-order valence-electron chi connectivity index (χ1n) is 8.04. The summed E-state index contributed by atoms with van der Waals surface area (Å²) in [5.41, 5.74) is 6.93. The van der Waals surface area contributed by atoms with Gasteiger partial charge in [-0.25, -0.2) is 0 Å². The van der Waals surface area contributed by atoms with Gasteiger partial charge in [-0.2, -0.15) is 0 Å². The van der Waals surface area contributed by atoms with Crippen LogP contribution in [-0.2, 0) is 11.2 Å². The fourth-order valence-corrected chi connectivity index (χ4v) is 2.58. The van der Waals surface area contributed by atoms with Crippen LogP contribution >= 0.6 is 12.2 Å². The van der Waals surface area contributed by atoms with Crippen molar-refractivity contribution < 1.29 is 9.59 Å². The van der Waals surface area contributed by atoms with E-state index >= 15 is 0 Å². The van der Waals surface area contributed by atoms with Crippen LogP contribution in [-0.4, -0.2) is 34.9 Å². The number of rotatable bonds is 7. The molecule has 0 atom stereocenters. The fraction of sp³-hybridized carbons (Fsp3) is 0.211. The Hall–Kier alpha value is -2.73. The minimum absolute atomic E-state index is 0.177. The first-order valence-corrected chi connectivity index (χ1v) is 8.44. The molecule has 6 heteroatoms. The molecule has 0 saturated heterocycles. The molecule has 0 aliphatic heterocycles. The molecule has 25 heavy (non-hydrogen) atoms. The van der Waals surface area contributed by atoms with Crippen LogP contribution in [0.5, 0.6) is 0 Å². The molecule has 2 aromatic rings. The van der Waals surface area contributed by atoms with Crippen LogP contribution in [0.4, 0.5) is 0 Å². The van der Waals surface area contributed by atoms with Gasteiger partial charge in [0.2, 0.25) is 5.91 Å². The zero-order valence-electron chi connectivity index (χ0n) is 13.9. The molecule has 5 nitrogen and oxygen atoms in total. The standard InChI is InChI=1S/C19H21N3O2S/c20-17(23)12-14-22(13-11-15-7-3-1-4-8-15)19(25)21-18(24)16-9-5-2-6-10-16/h1-10H,11-14H2,(H2,20,23)(H,21,24,25). The maximum Gasteiger partial charge on any atom is 0.257 e. The normalized spacial score (nSPS) is 10.1. The maximum absolute atomic E-state index is 12.3. The van der Waals surface area contributed by atoms with Crippen LogP contribution in [0.2, 0.25) is 0 Å². The second kappa shape index (κ2) is 9.54. The summed E-state index contributed by atoms with van der Waals surface area (Å²) >= 11 is 5.36. The number of nitrogens with zero attached hydrogens (tertiary/aromatic N) is 1. The fourth-order valence-electron chi connectivity index (χ4n) is 2.31. The van der Waals surface area contributed by atoms with E-state index in [4.69, 9.17) is 18.0 Å². The van der Waals surface area contributed by atoms with Crippen molar-refractivity contribution in [3.63, 3.8) is 0 Å². The molecule has 0 radical (unpaired) electrons. The van der Waals surface area contributed by atoms with Gasteiger partial charge in [-0.1, -0.05) is 48.5 Å². The van der Waals surface area contributed by atoms with E-state index in [-0.39, 0.29) is 12.3 Å². The van der Waals surface area contributed by atoms with Gasteiger partial charge in [0.25, 0.3) is 5.91 Å². The van der Waals surface area contributed by atoms with Crippen LogP contribution in [0, 0.1) is 0 Å². The van der Waals surface area contributed by atoms with Gasteiger partial charge in [0.1, 0.15) is 0 Å². The Kier molecular flexibility index (Phi) is 7.10. The van der Waals surface area contributed by atoms with Crippen LogP contribution in [0.1, 0.15) is 22.3 Å². The first kappa shape index (κ1) is 18.6. The van der Waals surface area contributed by atoms with Crippen molar-refractivity contribution in [1.82, 2.24) is 10.2 Å². The largest absolute Gasteiger partial charge is 0.370 e. The zero-order valence-corrected chi connectivity index (χ0v) is 14.7. The van der Waals surface area contributed by atoms with E-state index in [1.165, 1.54) is 0 Å². The second-order valence-electron chi connectivity index (χ2n) is 5.56. The average molecular weight is 355 g/mol.